The number of benzene rings is 1. The SMILES string of the molecule is COCCCCCNC(=O)NC(C(=O)O)c1ccccc1. The quantitative estimate of drug-likeness (QED) is 0.607. The number of ether oxygens (including phenoxy) is 1. The van der Waals surface area contributed by atoms with E-state index in [9.17, 15) is 14.7 Å². The number of hydrogen-bond acceptors (Lipinski definition) is 3. The average Bonchev–Trinajstić information content (AvgIpc) is 2.49. The van der Waals surface area contributed by atoms with Crippen LogP contribution in [-0.4, -0.2) is 37.4 Å². The van der Waals surface area contributed by atoms with Crippen molar-refractivity contribution in [1.82, 2.24) is 10.6 Å². The summed E-state index contributed by atoms with van der Waals surface area (Å²) in [5, 5.41) is 14.3. The molecule has 0 bridgehead atoms. The van der Waals surface area contributed by atoms with Gasteiger partial charge < -0.3 is 20.5 Å². The van der Waals surface area contributed by atoms with Crippen LogP contribution in [0, 0.1) is 0 Å². The van der Waals surface area contributed by atoms with Gasteiger partial charge in [0, 0.05) is 20.3 Å². The van der Waals surface area contributed by atoms with E-state index in [4.69, 9.17) is 4.74 Å². The van der Waals surface area contributed by atoms with Gasteiger partial charge >= 0.3 is 12.0 Å². The zero-order chi connectivity index (χ0) is 15.5. The molecule has 1 aromatic carbocycles. The fourth-order valence-corrected chi connectivity index (χ4v) is 1.87. The molecule has 0 fully saturated rings. The van der Waals surface area contributed by atoms with Gasteiger partial charge in [-0.05, 0) is 24.8 Å². The second-order valence-electron chi connectivity index (χ2n) is 4.64. The number of carboxylic acid groups (broad SMARTS) is 1. The molecule has 0 aliphatic rings. The Morgan fingerprint density at radius 1 is 1.19 bits per heavy atom. The van der Waals surface area contributed by atoms with Gasteiger partial charge in [-0.2, -0.15) is 0 Å². The van der Waals surface area contributed by atoms with Crippen molar-refractivity contribution in [3.05, 3.63) is 35.9 Å². The molecule has 1 aromatic rings. The van der Waals surface area contributed by atoms with Crippen LogP contribution in [-0.2, 0) is 9.53 Å². The van der Waals surface area contributed by atoms with Crippen molar-refractivity contribution in [1.29, 1.82) is 0 Å². The molecular weight excluding hydrogens is 272 g/mol. The van der Waals surface area contributed by atoms with Crippen LogP contribution >= 0.6 is 0 Å². The fraction of sp³-hybridized carbons (Fsp3) is 0.467. The minimum Gasteiger partial charge on any atom is -0.479 e. The van der Waals surface area contributed by atoms with Gasteiger partial charge in [-0.3, -0.25) is 0 Å². The summed E-state index contributed by atoms with van der Waals surface area (Å²) in [6.45, 7) is 1.22. The van der Waals surface area contributed by atoms with Crippen LogP contribution in [0.3, 0.4) is 0 Å². The molecule has 0 heterocycles. The van der Waals surface area contributed by atoms with Crippen LogP contribution in [0.15, 0.2) is 30.3 Å². The van der Waals surface area contributed by atoms with E-state index in [1.807, 2.05) is 0 Å². The summed E-state index contributed by atoms with van der Waals surface area (Å²) in [5.74, 6) is -1.09. The predicted octanol–water partition coefficient (Wildman–Crippen LogP) is 1.93. The van der Waals surface area contributed by atoms with E-state index in [1.54, 1.807) is 37.4 Å². The van der Waals surface area contributed by atoms with Crippen LogP contribution in [0.4, 0.5) is 4.79 Å². The third kappa shape index (κ3) is 6.76. The summed E-state index contributed by atoms with van der Waals surface area (Å²) in [6, 6.07) is 7.09. The first kappa shape index (κ1) is 17.0. The molecule has 0 saturated heterocycles. The number of aliphatic carboxylic acids is 1. The summed E-state index contributed by atoms with van der Waals surface area (Å²) in [6.07, 6.45) is 2.73. The van der Waals surface area contributed by atoms with Gasteiger partial charge in [-0.25, -0.2) is 9.59 Å². The Morgan fingerprint density at radius 3 is 2.52 bits per heavy atom. The topological polar surface area (TPSA) is 87.7 Å². The number of urea groups is 1. The number of carbonyl (C=O) groups excluding carboxylic acids is 1. The molecule has 116 valence electrons. The highest BCUT2D eigenvalue weighted by atomic mass is 16.5. The molecule has 0 aliphatic heterocycles. The summed E-state index contributed by atoms with van der Waals surface area (Å²) in [5.41, 5.74) is 0.542. The third-order valence-electron chi connectivity index (χ3n) is 2.97. The van der Waals surface area contributed by atoms with Gasteiger partial charge in [0.1, 0.15) is 0 Å². The minimum absolute atomic E-state index is 0.474. The number of nitrogens with one attached hydrogen (secondary N) is 2. The number of hydrogen-bond donors (Lipinski definition) is 3. The molecule has 0 saturated carbocycles. The van der Waals surface area contributed by atoms with Crippen molar-refractivity contribution in [2.75, 3.05) is 20.3 Å². The maximum Gasteiger partial charge on any atom is 0.330 e. The second-order valence-corrected chi connectivity index (χ2v) is 4.64. The van der Waals surface area contributed by atoms with E-state index in [0.29, 0.717) is 18.7 Å². The van der Waals surface area contributed by atoms with E-state index in [1.165, 1.54) is 0 Å². The van der Waals surface area contributed by atoms with Crippen molar-refractivity contribution in [3.63, 3.8) is 0 Å². The minimum atomic E-state index is -1.09. The molecule has 1 rings (SSSR count). The van der Waals surface area contributed by atoms with Gasteiger partial charge in [0.2, 0.25) is 0 Å². The predicted molar refractivity (Wildman–Crippen MR) is 79.1 cm³/mol. The number of unbranched alkanes of at least 4 members (excludes halogenated alkanes) is 2. The third-order valence-corrected chi connectivity index (χ3v) is 2.97. The van der Waals surface area contributed by atoms with Crippen molar-refractivity contribution >= 4 is 12.0 Å². The van der Waals surface area contributed by atoms with Gasteiger partial charge in [0.05, 0.1) is 0 Å². The molecule has 3 N–H and O–H groups in total. The average molecular weight is 294 g/mol. The molecule has 21 heavy (non-hydrogen) atoms. The van der Waals surface area contributed by atoms with Gasteiger partial charge in [0.25, 0.3) is 0 Å². The van der Waals surface area contributed by atoms with Crippen molar-refractivity contribution in [2.45, 2.75) is 25.3 Å². The van der Waals surface area contributed by atoms with Gasteiger partial charge in [0.15, 0.2) is 6.04 Å². The first-order valence-electron chi connectivity index (χ1n) is 6.96. The standard InChI is InChI=1S/C15H22N2O4/c1-21-11-7-3-6-10-16-15(20)17-13(14(18)19)12-8-4-2-5-9-12/h2,4-5,8-9,13H,3,6-7,10-11H2,1H3,(H,18,19)(H2,16,17,20). The molecule has 0 spiro atoms. The monoisotopic (exact) mass is 294 g/mol. The van der Waals surface area contributed by atoms with Crippen molar-refractivity contribution in [2.24, 2.45) is 0 Å². The van der Waals surface area contributed by atoms with E-state index in [0.717, 1.165) is 19.3 Å². The molecule has 1 unspecified atom stereocenters. The lowest BCUT2D eigenvalue weighted by Gasteiger charge is -2.15. The zero-order valence-electron chi connectivity index (χ0n) is 12.2. The first-order chi connectivity index (χ1) is 10.1. The second kappa shape index (κ2) is 9.77. The maximum absolute atomic E-state index is 11.7. The smallest absolute Gasteiger partial charge is 0.330 e. The number of carboxylic acids is 1. The summed E-state index contributed by atoms with van der Waals surface area (Å²) >= 11 is 0. The van der Waals surface area contributed by atoms with E-state index < -0.39 is 18.0 Å². The first-order valence-corrected chi connectivity index (χ1v) is 6.96. The van der Waals surface area contributed by atoms with E-state index in [2.05, 4.69) is 10.6 Å². The number of rotatable bonds is 9. The van der Waals surface area contributed by atoms with Crippen LogP contribution in [0.25, 0.3) is 0 Å². The lowest BCUT2D eigenvalue weighted by Crippen LogP contribution is -2.41. The van der Waals surface area contributed by atoms with Crippen LogP contribution in [0.5, 0.6) is 0 Å². The number of amides is 2. The van der Waals surface area contributed by atoms with E-state index >= 15 is 0 Å². The Morgan fingerprint density at radius 2 is 1.90 bits per heavy atom. The molecule has 6 nitrogen and oxygen atoms in total. The van der Waals surface area contributed by atoms with E-state index in [-0.39, 0.29) is 0 Å². The molecule has 0 aromatic heterocycles. The van der Waals surface area contributed by atoms with Gasteiger partial charge in [-0.15, -0.1) is 0 Å². The molecule has 6 heteroatoms. The number of carbonyl (C=O) groups is 2. The van der Waals surface area contributed by atoms with Crippen LogP contribution in [0.2, 0.25) is 0 Å². The van der Waals surface area contributed by atoms with Crippen LogP contribution in [0.1, 0.15) is 30.9 Å². The maximum atomic E-state index is 11.7. The van der Waals surface area contributed by atoms with Crippen molar-refractivity contribution in [3.8, 4) is 0 Å². The highest BCUT2D eigenvalue weighted by Crippen LogP contribution is 2.12. The lowest BCUT2D eigenvalue weighted by atomic mass is 10.1. The van der Waals surface area contributed by atoms with Crippen LogP contribution < -0.4 is 10.6 Å². The Kier molecular flexibility index (Phi) is 7.89. The lowest BCUT2D eigenvalue weighted by molar-refractivity contribution is -0.139. The zero-order valence-corrected chi connectivity index (χ0v) is 12.2. The Labute approximate surface area is 124 Å². The molecule has 2 amide bonds. The molecular formula is C15H22N2O4. The number of methoxy groups -OCH3 is 1. The van der Waals surface area contributed by atoms with Gasteiger partial charge in [-0.1, -0.05) is 30.3 Å². The Hall–Kier alpha value is -2.08. The summed E-state index contributed by atoms with van der Waals surface area (Å²) < 4.78 is 4.93. The molecule has 0 radical (unpaired) electrons. The molecule has 1 atom stereocenters. The summed E-state index contributed by atoms with van der Waals surface area (Å²) in [7, 11) is 1.65. The Balaban J connectivity index is 2.35. The van der Waals surface area contributed by atoms with Crippen molar-refractivity contribution < 1.29 is 19.4 Å². The Bertz CT molecular complexity index is 437. The largest absolute Gasteiger partial charge is 0.479 e. The highest BCUT2D eigenvalue weighted by molar-refractivity contribution is 5.83. The fourth-order valence-electron chi connectivity index (χ4n) is 1.87. The molecule has 0 aliphatic carbocycles. The highest BCUT2D eigenvalue weighted by Gasteiger charge is 2.21. The summed E-state index contributed by atoms with van der Waals surface area (Å²) in [4.78, 5) is 22.9. The normalized spacial score (nSPS) is 11.7.